The molecule has 6 nitrogen and oxygen atoms in total. The molecule has 0 atom stereocenters. The lowest BCUT2D eigenvalue weighted by molar-refractivity contribution is -0.141. The number of amides is 2. The van der Waals surface area contributed by atoms with Crippen molar-refractivity contribution in [2.24, 2.45) is 5.41 Å². The number of carbonyl (C=O) groups excluding carboxylic acids is 1. The van der Waals surface area contributed by atoms with Crippen molar-refractivity contribution in [3.05, 3.63) is 12.7 Å². The quantitative estimate of drug-likeness (QED) is 0.419. The third-order valence-electron chi connectivity index (χ3n) is 3.56. The zero-order chi connectivity index (χ0) is 14.8. The van der Waals surface area contributed by atoms with Gasteiger partial charge in [0.25, 0.3) is 0 Å². The van der Waals surface area contributed by atoms with Crippen LogP contribution in [0.4, 0.5) is 4.79 Å². The van der Waals surface area contributed by atoms with Gasteiger partial charge in [-0.05, 0) is 24.7 Å². The molecule has 20 heavy (non-hydrogen) atoms. The number of hydrogen-bond acceptors (Lipinski definition) is 3. The molecule has 2 amide bonds. The second kappa shape index (κ2) is 8.58. The second-order valence-electron chi connectivity index (χ2n) is 5.22. The molecule has 3 N–H and O–H groups in total. The summed E-state index contributed by atoms with van der Waals surface area (Å²) in [6, 6.07) is -0.269. The number of urea groups is 1. The van der Waals surface area contributed by atoms with E-state index in [1.165, 1.54) is 0 Å². The van der Waals surface area contributed by atoms with Crippen LogP contribution in [0.15, 0.2) is 12.7 Å². The maximum atomic E-state index is 11.6. The van der Waals surface area contributed by atoms with Crippen LogP contribution in [0.1, 0.15) is 32.1 Å². The Kier molecular flexibility index (Phi) is 7.08. The maximum absolute atomic E-state index is 11.6. The molecule has 0 heterocycles. The van der Waals surface area contributed by atoms with E-state index in [-0.39, 0.29) is 17.9 Å². The first-order valence-electron chi connectivity index (χ1n) is 7.00. The van der Waals surface area contributed by atoms with E-state index in [4.69, 9.17) is 9.84 Å². The third kappa shape index (κ3) is 6.06. The summed E-state index contributed by atoms with van der Waals surface area (Å²) in [6.07, 6.45) is 5.46. The molecule has 0 spiro atoms. The van der Waals surface area contributed by atoms with E-state index in [1.807, 2.05) is 0 Å². The van der Waals surface area contributed by atoms with E-state index < -0.39 is 5.97 Å². The highest BCUT2D eigenvalue weighted by Crippen LogP contribution is 2.43. The van der Waals surface area contributed by atoms with Crippen molar-refractivity contribution in [3.63, 3.8) is 0 Å². The van der Waals surface area contributed by atoms with Crippen molar-refractivity contribution in [3.8, 4) is 0 Å². The molecular weight excluding hydrogens is 260 g/mol. The molecular formula is C14H24N2O4. The molecule has 0 aromatic rings. The standard InChI is InChI=1S/C14H24N2O4/c1-2-3-8-20-9-7-15-13(19)16-11-14(5-4-6-14)10-12(17)18/h2H,1,3-11H2,(H,17,18)(H2,15,16,19). The minimum absolute atomic E-state index is 0.123. The van der Waals surface area contributed by atoms with Crippen LogP contribution in [0.2, 0.25) is 0 Å². The summed E-state index contributed by atoms with van der Waals surface area (Å²) in [6.45, 7) is 5.51. The van der Waals surface area contributed by atoms with Crippen molar-refractivity contribution in [2.45, 2.75) is 32.1 Å². The normalized spacial score (nSPS) is 16.0. The van der Waals surface area contributed by atoms with E-state index in [0.29, 0.717) is 26.3 Å². The second-order valence-corrected chi connectivity index (χ2v) is 5.22. The van der Waals surface area contributed by atoms with E-state index in [1.54, 1.807) is 6.08 Å². The number of ether oxygens (including phenoxy) is 1. The van der Waals surface area contributed by atoms with Crippen molar-refractivity contribution in [2.75, 3.05) is 26.3 Å². The lowest BCUT2D eigenvalue weighted by Crippen LogP contribution is -2.47. The van der Waals surface area contributed by atoms with E-state index >= 15 is 0 Å². The SMILES string of the molecule is C=CCCOCCNC(=O)NCC1(CC(=O)O)CCC1. The van der Waals surface area contributed by atoms with Crippen LogP contribution in [-0.2, 0) is 9.53 Å². The number of aliphatic carboxylic acids is 1. The van der Waals surface area contributed by atoms with Gasteiger partial charge in [-0.3, -0.25) is 4.79 Å². The van der Waals surface area contributed by atoms with Gasteiger partial charge in [0.15, 0.2) is 0 Å². The van der Waals surface area contributed by atoms with Gasteiger partial charge in [0.2, 0.25) is 0 Å². The molecule has 1 aliphatic rings. The van der Waals surface area contributed by atoms with Crippen molar-refractivity contribution in [1.82, 2.24) is 10.6 Å². The van der Waals surface area contributed by atoms with Crippen LogP contribution in [-0.4, -0.2) is 43.4 Å². The minimum atomic E-state index is -0.803. The first kappa shape index (κ1) is 16.5. The zero-order valence-electron chi connectivity index (χ0n) is 11.8. The molecule has 1 saturated carbocycles. The fourth-order valence-electron chi connectivity index (χ4n) is 2.25. The van der Waals surface area contributed by atoms with E-state index in [2.05, 4.69) is 17.2 Å². The molecule has 1 rings (SSSR count). The van der Waals surface area contributed by atoms with Gasteiger partial charge in [0.05, 0.1) is 19.6 Å². The smallest absolute Gasteiger partial charge is 0.314 e. The molecule has 6 heteroatoms. The van der Waals surface area contributed by atoms with Gasteiger partial charge in [-0.25, -0.2) is 4.79 Å². The van der Waals surface area contributed by atoms with Gasteiger partial charge >= 0.3 is 12.0 Å². The summed E-state index contributed by atoms with van der Waals surface area (Å²) in [5.41, 5.74) is -0.246. The Hall–Kier alpha value is -1.56. The summed E-state index contributed by atoms with van der Waals surface area (Å²) < 4.78 is 5.26. The Bertz CT molecular complexity index is 340. The first-order valence-corrected chi connectivity index (χ1v) is 7.00. The van der Waals surface area contributed by atoms with Crippen LogP contribution < -0.4 is 10.6 Å². The van der Waals surface area contributed by atoms with Gasteiger partial charge in [-0.1, -0.05) is 12.5 Å². The van der Waals surface area contributed by atoms with Crippen LogP contribution >= 0.6 is 0 Å². The van der Waals surface area contributed by atoms with Crippen LogP contribution in [0.3, 0.4) is 0 Å². The van der Waals surface area contributed by atoms with E-state index in [9.17, 15) is 9.59 Å². The molecule has 1 aliphatic carbocycles. The molecule has 0 unspecified atom stereocenters. The summed E-state index contributed by atoms with van der Waals surface area (Å²) in [7, 11) is 0. The molecule has 114 valence electrons. The molecule has 0 bridgehead atoms. The minimum Gasteiger partial charge on any atom is -0.481 e. The topological polar surface area (TPSA) is 87.7 Å². The van der Waals surface area contributed by atoms with Crippen molar-refractivity contribution in [1.29, 1.82) is 0 Å². The zero-order valence-corrected chi connectivity index (χ0v) is 11.8. The Morgan fingerprint density at radius 1 is 1.30 bits per heavy atom. The van der Waals surface area contributed by atoms with Gasteiger partial charge in [0.1, 0.15) is 0 Å². The average molecular weight is 284 g/mol. The monoisotopic (exact) mass is 284 g/mol. The van der Waals surface area contributed by atoms with Crippen molar-refractivity contribution < 1.29 is 19.4 Å². The Morgan fingerprint density at radius 3 is 2.60 bits per heavy atom. The van der Waals surface area contributed by atoms with Crippen LogP contribution in [0.5, 0.6) is 0 Å². The third-order valence-corrected chi connectivity index (χ3v) is 3.56. The molecule has 0 aromatic heterocycles. The molecule has 0 aromatic carbocycles. The van der Waals surface area contributed by atoms with Crippen molar-refractivity contribution >= 4 is 12.0 Å². The summed E-state index contributed by atoms with van der Waals surface area (Å²) >= 11 is 0. The summed E-state index contributed by atoms with van der Waals surface area (Å²) in [5.74, 6) is -0.803. The van der Waals surface area contributed by atoms with Crippen LogP contribution in [0, 0.1) is 5.41 Å². The number of carboxylic acid groups (broad SMARTS) is 1. The summed E-state index contributed by atoms with van der Waals surface area (Å²) in [4.78, 5) is 22.4. The number of nitrogens with one attached hydrogen (secondary N) is 2. The molecule has 0 aliphatic heterocycles. The van der Waals surface area contributed by atoms with Crippen LogP contribution in [0.25, 0.3) is 0 Å². The molecule has 0 radical (unpaired) electrons. The lowest BCUT2D eigenvalue weighted by atomic mass is 9.66. The fourth-order valence-corrected chi connectivity index (χ4v) is 2.25. The molecule has 1 fully saturated rings. The van der Waals surface area contributed by atoms with E-state index in [0.717, 1.165) is 25.7 Å². The highest BCUT2D eigenvalue weighted by molar-refractivity contribution is 5.74. The first-order chi connectivity index (χ1) is 9.58. The largest absolute Gasteiger partial charge is 0.481 e. The number of carboxylic acids is 1. The average Bonchev–Trinajstić information content (AvgIpc) is 2.36. The Labute approximate surface area is 119 Å². The lowest BCUT2D eigenvalue weighted by Gasteiger charge is -2.40. The number of carbonyl (C=O) groups is 2. The highest BCUT2D eigenvalue weighted by Gasteiger charge is 2.39. The Balaban J connectivity index is 2.10. The number of rotatable bonds is 10. The molecule has 0 saturated heterocycles. The highest BCUT2D eigenvalue weighted by atomic mass is 16.5. The fraction of sp³-hybridized carbons (Fsp3) is 0.714. The van der Waals surface area contributed by atoms with Gasteiger partial charge in [-0.15, -0.1) is 6.58 Å². The summed E-state index contributed by atoms with van der Waals surface area (Å²) in [5, 5.41) is 14.3. The van der Waals surface area contributed by atoms with Gasteiger partial charge < -0.3 is 20.5 Å². The predicted molar refractivity (Wildman–Crippen MR) is 75.6 cm³/mol. The van der Waals surface area contributed by atoms with Gasteiger partial charge in [-0.2, -0.15) is 0 Å². The number of hydrogen-bond donors (Lipinski definition) is 3. The maximum Gasteiger partial charge on any atom is 0.314 e. The Morgan fingerprint density at radius 2 is 2.05 bits per heavy atom. The predicted octanol–water partition coefficient (Wildman–Crippen LogP) is 1.52. The van der Waals surface area contributed by atoms with Gasteiger partial charge in [0, 0.05) is 13.1 Å².